The highest BCUT2D eigenvalue weighted by molar-refractivity contribution is 5.96. The monoisotopic (exact) mass is 327 g/mol. The van der Waals surface area contributed by atoms with Crippen molar-refractivity contribution in [3.05, 3.63) is 29.3 Å². The van der Waals surface area contributed by atoms with E-state index in [-0.39, 0.29) is 30.7 Å². The van der Waals surface area contributed by atoms with E-state index in [2.05, 4.69) is 0 Å². The van der Waals surface area contributed by atoms with Gasteiger partial charge < -0.3 is 14.7 Å². The van der Waals surface area contributed by atoms with Crippen LogP contribution in [0.4, 0.5) is 8.78 Å². The fourth-order valence-corrected chi connectivity index (χ4v) is 2.98. The fourth-order valence-electron chi connectivity index (χ4n) is 2.98. The summed E-state index contributed by atoms with van der Waals surface area (Å²) in [7, 11) is 1.22. The Morgan fingerprint density at radius 3 is 2.43 bits per heavy atom. The SMILES string of the molecule is COc1ccc(F)c(C(=O)N2C[C@@H](C(=O)O)[C@H](C(C)C)C2)c1F. The summed E-state index contributed by atoms with van der Waals surface area (Å²) >= 11 is 0. The summed E-state index contributed by atoms with van der Waals surface area (Å²) in [4.78, 5) is 25.0. The predicted octanol–water partition coefficient (Wildman–Crippen LogP) is 2.40. The van der Waals surface area contributed by atoms with E-state index in [4.69, 9.17) is 4.74 Å². The molecule has 1 saturated heterocycles. The molecule has 126 valence electrons. The first kappa shape index (κ1) is 17.2. The van der Waals surface area contributed by atoms with Crippen molar-refractivity contribution in [1.82, 2.24) is 4.90 Å². The molecule has 1 aromatic carbocycles. The van der Waals surface area contributed by atoms with Crippen LogP contribution in [0.3, 0.4) is 0 Å². The second-order valence-corrected chi connectivity index (χ2v) is 6.00. The molecule has 1 amide bonds. The molecule has 1 aromatic rings. The number of hydrogen-bond donors (Lipinski definition) is 1. The van der Waals surface area contributed by atoms with E-state index in [9.17, 15) is 23.5 Å². The van der Waals surface area contributed by atoms with Crippen LogP contribution in [0.25, 0.3) is 0 Å². The highest BCUT2D eigenvalue weighted by atomic mass is 19.1. The van der Waals surface area contributed by atoms with Gasteiger partial charge in [0.15, 0.2) is 11.6 Å². The Morgan fingerprint density at radius 1 is 1.30 bits per heavy atom. The van der Waals surface area contributed by atoms with Crippen molar-refractivity contribution in [3.8, 4) is 5.75 Å². The van der Waals surface area contributed by atoms with Gasteiger partial charge in [0.1, 0.15) is 11.4 Å². The van der Waals surface area contributed by atoms with Crippen LogP contribution in [0.15, 0.2) is 12.1 Å². The predicted molar refractivity (Wildman–Crippen MR) is 78.3 cm³/mol. The number of likely N-dealkylation sites (tertiary alicyclic amines) is 1. The Kier molecular flexibility index (Phi) is 4.87. The van der Waals surface area contributed by atoms with E-state index in [0.29, 0.717) is 0 Å². The second kappa shape index (κ2) is 6.52. The van der Waals surface area contributed by atoms with E-state index in [1.54, 1.807) is 0 Å². The number of benzene rings is 1. The molecule has 1 N–H and O–H groups in total. The number of carboxylic acid groups (broad SMARTS) is 1. The molecule has 23 heavy (non-hydrogen) atoms. The lowest BCUT2D eigenvalue weighted by Gasteiger charge is -2.19. The number of ether oxygens (including phenoxy) is 1. The minimum Gasteiger partial charge on any atom is -0.494 e. The largest absolute Gasteiger partial charge is 0.494 e. The summed E-state index contributed by atoms with van der Waals surface area (Å²) in [5, 5.41) is 9.29. The van der Waals surface area contributed by atoms with Crippen LogP contribution in [0.5, 0.6) is 5.75 Å². The van der Waals surface area contributed by atoms with Crippen LogP contribution < -0.4 is 4.74 Å². The third-order valence-corrected chi connectivity index (χ3v) is 4.32. The van der Waals surface area contributed by atoms with Crippen molar-refractivity contribution in [2.75, 3.05) is 20.2 Å². The molecule has 0 unspecified atom stereocenters. The molecule has 1 aliphatic heterocycles. The van der Waals surface area contributed by atoms with Gasteiger partial charge in [-0.3, -0.25) is 9.59 Å². The van der Waals surface area contributed by atoms with Gasteiger partial charge in [-0.2, -0.15) is 0 Å². The quantitative estimate of drug-likeness (QED) is 0.922. The van der Waals surface area contributed by atoms with Crippen LogP contribution in [-0.2, 0) is 4.79 Å². The fraction of sp³-hybridized carbons (Fsp3) is 0.500. The molecule has 0 radical (unpaired) electrons. The van der Waals surface area contributed by atoms with E-state index in [1.807, 2.05) is 13.8 Å². The third kappa shape index (κ3) is 3.13. The highest BCUT2D eigenvalue weighted by Gasteiger charge is 2.42. The average Bonchev–Trinajstić information content (AvgIpc) is 2.93. The van der Waals surface area contributed by atoms with Crippen LogP contribution in [-0.4, -0.2) is 42.1 Å². The van der Waals surface area contributed by atoms with E-state index < -0.39 is 35.0 Å². The maximum Gasteiger partial charge on any atom is 0.308 e. The topological polar surface area (TPSA) is 66.8 Å². The second-order valence-electron chi connectivity index (χ2n) is 6.00. The van der Waals surface area contributed by atoms with Crippen LogP contribution in [0, 0.1) is 29.4 Å². The van der Waals surface area contributed by atoms with Crippen molar-refractivity contribution in [2.45, 2.75) is 13.8 Å². The first-order chi connectivity index (χ1) is 10.8. The first-order valence-corrected chi connectivity index (χ1v) is 7.32. The standard InChI is InChI=1S/C16H19F2NO4/c1-8(2)9-6-19(7-10(9)16(21)22)15(20)13-11(17)4-5-12(23-3)14(13)18/h4-5,8-10H,6-7H2,1-3H3,(H,21,22)/t9-,10+/m0/s1. The molecule has 1 heterocycles. The Bertz CT molecular complexity index is 633. The number of nitrogens with zero attached hydrogens (tertiary/aromatic N) is 1. The number of carbonyl (C=O) groups is 2. The number of carbonyl (C=O) groups excluding carboxylic acids is 1. The zero-order chi connectivity index (χ0) is 17.3. The summed E-state index contributed by atoms with van der Waals surface area (Å²) in [5.74, 6) is -5.12. The first-order valence-electron chi connectivity index (χ1n) is 7.32. The summed E-state index contributed by atoms with van der Waals surface area (Å²) in [5.41, 5.74) is -0.710. The van der Waals surface area contributed by atoms with Gasteiger partial charge in [0.05, 0.1) is 13.0 Å². The van der Waals surface area contributed by atoms with Crippen molar-refractivity contribution < 1.29 is 28.2 Å². The Labute approximate surface area is 132 Å². The molecule has 0 aliphatic carbocycles. The molecule has 0 saturated carbocycles. The van der Waals surface area contributed by atoms with E-state index in [0.717, 1.165) is 12.1 Å². The van der Waals surface area contributed by atoms with Gasteiger partial charge in [-0.05, 0) is 24.0 Å². The maximum absolute atomic E-state index is 14.2. The van der Waals surface area contributed by atoms with Crippen LogP contribution in [0.2, 0.25) is 0 Å². The van der Waals surface area contributed by atoms with Gasteiger partial charge in [-0.25, -0.2) is 8.78 Å². The molecule has 5 nitrogen and oxygen atoms in total. The summed E-state index contributed by atoms with van der Waals surface area (Å²) in [6.07, 6.45) is 0. The lowest BCUT2D eigenvalue weighted by atomic mass is 9.86. The van der Waals surface area contributed by atoms with Crippen molar-refractivity contribution in [1.29, 1.82) is 0 Å². The van der Waals surface area contributed by atoms with Crippen molar-refractivity contribution >= 4 is 11.9 Å². The van der Waals surface area contributed by atoms with E-state index >= 15 is 0 Å². The van der Waals surface area contributed by atoms with Gasteiger partial charge in [-0.15, -0.1) is 0 Å². The molecule has 1 aliphatic rings. The van der Waals surface area contributed by atoms with Gasteiger partial charge in [0, 0.05) is 13.1 Å². The van der Waals surface area contributed by atoms with Crippen LogP contribution >= 0.6 is 0 Å². The highest BCUT2D eigenvalue weighted by Crippen LogP contribution is 2.32. The number of aliphatic carboxylic acids is 1. The molecule has 2 rings (SSSR count). The van der Waals surface area contributed by atoms with Crippen molar-refractivity contribution in [2.24, 2.45) is 17.8 Å². The zero-order valence-electron chi connectivity index (χ0n) is 13.2. The Morgan fingerprint density at radius 2 is 1.96 bits per heavy atom. The molecular weight excluding hydrogens is 308 g/mol. The van der Waals surface area contributed by atoms with Crippen LogP contribution in [0.1, 0.15) is 24.2 Å². The van der Waals surface area contributed by atoms with Gasteiger partial charge in [0.2, 0.25) is 0 Å². The number of amides is 1. The third-order valence-electron chi connectivity index (χ3n) is 4.32. The van der Waals surface area contributed by atoms with Gasteiger partial charge >= 0.3 is 5.97 Å². The number of carboxylic acids is 1. The maximum atomic E-state index is 14.2. The molecule has 0 bridgehead atoms. The number of methoxy groups -OCH3 is 1. The molecule has 0 aromatic heterocycles. The number of hydrogen-bond acceptors (Lipinski definition) is 3. The summed E-state index contributed by atoms with van der Waals surface area (Å²) in [6.45, 7) is 3.82. The van der Waals surface area contributed by atoms with Gasteiger partial charge in [-0.1, -0.05) is 13.8 Å². The molecule has 2 atom stereocenters. The van der Waals surface area contributed by atoms with E-state index in [1.165, 1.54) is 12.0 Å². The molecule has 1 fully saturated rings. The Hall–Kier alpha value is -2.18. The Balaban J connectivity index is 2.34. The number of halogens is 2. The summed E-state index contributed by atoms with van der Waals surface area (Å²) in [6, 6.07) is 2.06. The minimum absolute atomic E-state index is 0.0360. The lowest BCUT2D eigenvalue weighted by molar-refractivity contribution is -0.142. The lowest BCUT2D eigenvalue weighted by Crippen LogP contribution is -2.31. The van der Waals surface area contributed by atoms with Crippen molar-refractivity contribution in [3.63, 3.8) is 0 Å². The number of rotatable bonds is 4. The molecular formula is C16H19F2NO4. The zero-order valence-corrected chi connectivity index (χ0v) is 13.2. The normalized spacial score (nSPS) is 20.9. The summed E-state index contributed by atoms with van der Waals surface area (Å²) < 4.78 is 32.9. The average molecular weight is 327 g/mol. The molecule has 0 spiro atoms. The smallest absolute Gasteiger partial charge is 0.308 e. The minimum atomic E-state index is -1.07. The van der Waals surface area contributed by atoms with Gasteiger partial charge in [0.25, 0.3) is 5.91 Å². The molecule has 7 heteroatoms.